The predicted octanol–water partition coefficient (Wildman–Crippen LogP) is 3.48. The summed E-state index contributed by atoms with van der Waals surface area (Å²) in [5.74, 6) is 0. The summed E-state index contributed by atoms with van der Waals surface area (Å²) in [7, 11) is 0. The van der Waals surface area contributed by atoms with E-state index in [2.05, 4.69) is 31.9 Å². The Morgan fingerprint density at radius 3 is 1.78 bits per heavy atom. The van der Waals surface area contributed by atoms with Crippen LogP contribution in [-0.4, -0.2) is 9.65 Å². The molecule has 2 unspecified atom stereocenters. The van der Waals surface area contributed by atoms with E-state index >= 15 is 0 Å². The van der Waals surface area contributed by atoms with Crippen molar-refractivity contribution >= 4 is 31.9 Å². The van der Waals surface area contributed by atoms with Gasteiger partial charge in [-0.3, -0.25) is 0 Å². The molecule has 0 spiro atoms. The second-order valence-corrected chi connectivity index (χ2v) is 5.30. The van der Waals surface area contributed by atoms with Crippen molar-refractivity contribution in [2.24, 2.45) is 0 Å². The van der Waals surface area contributed by atoms with Crippen LogP contribution in [0.2, 0.25) is 0 Å². The Kier molecular flexibility index (Phi) is 3.55. The van der Waals surface area contributed by atoms with Gasteiger partial charge in [-0.05, 0) is 19.3 Å². The van der Waals surface area contributed by atoms with Gasteiger partial charge in [0.25, 0.3) is 0 Å². The SMILES string of the molecule is BrC1CCCCC(Br)C1. The van der Waals surface area contributed by atoms with E-state index in [0.29, 0.717) is 0 Å². The summed E-state index contributed by atoms with van der Waals surface area (Å²) in [6, 6.07) is 0. The van der Waals surface area contributed by atoms with Crippen molar-refractivity contribution in [1.29, 1.82) is 0 Å². The van der Waals surface area contributed by atoms with Gasteiger partial charge in [0.05, 0.1) is 0 Å². The Labute approximate surface area is 73.7 Å². The van der Waals surface area contributed by atoms with Crippen molar-refractivity contribution in [1.82, 2.24) is 0 Å². The lowest BCUT2D eigenvalue weighted by atomic mass is 10.2. The molecule has 0 nitrogen and oxygen atoms in total. The van der Waals surface area contributed by atoms with E-state index < -0.39 is 0 Å². The molecular weight excluding hydrogens is 244 g/mol. The van der Waals surface area contributed by atoms with Crippen LogP contribution in [-0.2, 0) is 0 Å². The van der Waals surface area contributed by atoms with Crippen molar-refractivity contribution in [3.8, 4) is 0 Å². The van der Waals surface area contributed by atoms with Crippen molar-refractivity contribution in [3.05, 3.63) is 0 Å². The Morgan fingerprint density at radius 2 is 1.33 bits per heavy atom. The molecule has 0 aromatic heterocycles. The van der Waals surface area contributed by atoms with Crippen molar-refractivity contribution in [2.75, 3.05) is 0 Å². The van der Waals surface area contributed by atoms with Gasteiger partial charge in [0, 0.05) is 9.65 Å². The molecule has 2 atom stereocenters. The third-order valence-electron chi connectivity index (χ3n) is 1.80. The Morgan fingerprint density at radius 1 is 0.889 bits per heavy atom. The molecule has 1 aliphatic rings. The molecule has 1 saturated carbocycles. The molecule has 0 aromatic rings. The number of halogens is 2. The highest BCUT2D eigenvalue weighted by molar-refractivity contribution is 9.10. The van der Waals surface area contributed by atoms with Crippen molar-refractivity contribution in [3.63, 3.8) is 0 Å². The fourth-order valence-electron chi connectivity index (χ4n) is 1.24. The van der Waals surface area contributed by atoms with Gasteiger partial charge < -0.3 is 0 Å². The van der Waals surface area contributed by atoms with Crippen molar-refractivity contribution in [2.45, 2.75) is 41.8 Å². The molecule has 0 bridgehead atoms. The Balaban J connectivity index is 2.29. The minimum atomic E-state index is 0.768. The molecule has 0 aliphatic heterocycles. The first kappa shape index (κ1) is 8.06. The minimum absolute atomic E-state index is 0.768. The van der Waals surface area contributed by atoms with Gasteiger partial charge >= 0.3 is 0 Å². The summed E-state index contributed by atoms with van der Waals surface area (Å²) in [6.07, 6.45) is 6.83. The molecule has 54 valence electrons. The van der Waals surface area contributed by atoms with Crippen molar-refractivity contribution < 1.29 is 0 Å². The standard InChI is InChI=1S/C7H12Br2/c8-6-3-1-2-4-7(9)5-6/h6-7H,1-5H2. The smallest absolute Gasteiger partial charge is 0.0156 e. The summed E-state index contributed by atoms with van der Waals surface area (Å²) in [6.45, 7) is 0. The second-order valence-electron chi connectivity index (χ2n) is 2.71. The van der Waals surface area contributed by atoms with Crippen LogP contribution in [0, 0.1) is 0 Å². The first-order valence-corrected chi connectivity index (χ1v) is 5.40. The van der Waals surface area contributed by atoms with Crippen LogP contribution in [0.3, 0.4) is 0 Å². The molecule has 0 amide bonds. The van der Waals surface area contributed by atoms with E-state index in [-0.39, 0.29) is 0 Å². The third kappa shape index (κ3) is 3.03. The summed E-state index contributed by atoms with van der Waals surface area (Å²) in [5, 5.41) is 0. The highest BCUT2D eigenvalue weighted by Gasteiger charge is 2.14. The molecule has 9 heavy (non-hydrogen) atoms. The lowest BCUT2D eigenvalue weighted by molar-refractivity contribution is 0.713. The fraction of sp³-hybridized carbons (Fsp3) is 1.00. The molecule has 1 rings (SSSR count). The zero-order valence-electron chi connectivity index (χ0n) is 5.45. The Bertz CT molecular complexity index is 73.0. The second kappa shape index (κ2) is 3.97. The van der Waals surface area contributed by atoms with E-state index in [9.17, 15) is 0 Å². The largest absolute Gasteiger partial charge is 0.0890 e. The topological polar surface area (TPSA) is 0 Å². The van der Waals surface area contributed by atoms with Gasteiger partial charge in [-0.15, -0.1) is 0 Å². The Hall–Kier alpha value is 0.960. The fourth-order valence-corrected chi connectivity index (χ4v) is 3.30. The number of rotatable bonds is 0. The van der Waals surface area contributed by atoms with Gasteiger partial charge in [0.2, 0.25) is 0 Å². The van der Waals surface area contributed by atoms with E-state index in [4.69, 9.17) is 0 Å². The zero-order valence-corrected chi connectivity index (χ0v) is 8.62. The van der Waals surface area contributed by atoms with Crippen LogP contribution in [0.1, 0.15) is 32.1 Å². The first-order chi connectivity index (χ1) is 4.29. The maximum atomic E-state index is 3.65. The molecule has 0 heterocycles. The van der Waals surface area contributed by atoms with E-state index in [0.717, 1.165) is 9.65 Å². The highest BCUT2D eigenvalue weighted by atomic mass is 79.9. The lowest BCUT2D eigenvalue weighted by Crippen LogP contribution is -2.02. The molecule has 0 N–H and O–H groups in total. The normalized spacial score (nSPS) is 38.0. The molecule has 0 aromatic carbocycles. The lowest BCUT2D eigenvalue weighted by Gasteiger charge is -2.06. The summed E-state index contributed by atoms with van der Waals surface area (Å²) in [5.41, 5.74) is 0. The monoisotopic (exact) mass is 254 g/mol. The highest BCUT2D eigenvalue weighted by Crippen LogP contribution is 2.27. The van der Waals surface area contributed by atoms with Gasteiger partial charge in [-0.2, -0.15) is 0 Å². The van der Waals surface area contributed by atoms with E-state index in [1.54, 1.807) is 0 Å². The quantitative estimate of drug-likeness (QED) is 0.459. The first-order valence-electron chi connectivity index (χ1n) is 3.57. The molecule has 1 fully saturated rings. The van der Waals surface area contributed by atoms with Crippen LogP contribution in [0.5, 0.6) is 0 Å². The molecule has 2 heteroatoms. The summed E-state index contributed by atoms with van der Waals surface area (Å²) < 4.78 is 0. The van der Waals surface area contributed by atoms with Gasteiger partial charge in [-0.25, -0.2) is 0 Å². The average molecular weight is 256 g/mol. The predicted molar refractivity (Wildman–Crippen MR) is 48.5 cm³/mol. The van der Waals surface area contributed by atoms with Crippen LogP contribution >= 0.6 is 31.9 Å². The average Bonchev–Trinajstić information content (AvgIpc) is 1.93. The van der Waals surface area contributed by atoms with E-state index in [1.807, 2.05) is 0 Å². The van der Waals surface area contributed by atoms with Gasteiger partial charge in [0.15, 0.2) is 0 Å². The molecular formula is C7H12Br2. The number of hydrogen-bond donors (Lipinski definition) is 0. The number of hydrogen-bond acceptors (Lipinski definition) is 0. The maximum absolute atomic E-state index is 3.65. The molecule has 1 aliphatic carbocycles. The van der Waals surface area contributed by atoms with Gasteiger partial charge in [-0.1, -0.05) is 44.7 Å². The van der Waals surface area contributed by atoms with Crippen LogP contribution in [0.25, 0.3) is 0 Å². The minimum Gasteiger partial charge on any atom is -0.0890 e. The summed E-state index contributed by atoms with van der Waals surface area (Å²) >= 11 is 7.30. The van der Waals surface area contributed by atoms with Gasteiger partial charge in [0.1, 0.15) is 0 Å². The molecule has 0 saturated heterocycles. The van der Waals surface area contributed by atoms with Crippen LogP contribution in [0.4, 0.5) is 0 Å². The molecule has 0 radical (unpaired) electrons. The number of alkyl halides is 2. The zero-order chi connectivity index (χ0) is 6.69. The van der Waals surface area contributed by atoms with E-state index in [1.165, 1.54) is 32.1 Å². The maximum Gasteiger partial charge on any atom is 0.0156 e. The van der Waals surface area contributed by atoms with Crippen LogP contribution in [0.15, 0.2) is 0 Å². The summed E-state index contributed by atoms with van der Waals surface area (Å²) in [4.78, 5) is 1.54. The van der Waals surface area contributed by atoms with Crippen LogP contribution < -0.4 is 0 Å². The third-order valence-corrected chi connectivity index (χ3v) is 3.46.